The Hall–Kier alpha value is -2.11. The second-order valence-corrected chi connectivity index (χ2v) is 20.3. The molecule has 0 aliphatic carbocycles. The fraction of sp³-hybridized carbons (Fsp3) is 0.885. The Morgan fingerprint density at radius 2 is 0.493 bits per heavy atom. The average Bonchev–Trinajstić information content (AvgIpc) is 3.33. The van der Waals surface area contributed by atoms with E-state index in [0.29, 0.717) is 19.3 Å². The van der Waals surface area contributed by atoms with Gasteiger partial charge in [0.2, 0.25) is 0 Å². The summed E-state index contributed by atoms with van der Waals surface area (Å²) in [4.78, 5) is 38.2. The molecule has 0 N–H and O–H groups in total. The zero-order chi connectivity index (χ0) is 48.6. The number of rotatable bonds is 55. The van der Waals surface area contributed by atoms with Crippen molar-refractivity contribution in [3.8, 4) is 0 Å². The third-order valence-corrected chi connectivity index (χ3v) is 13.4. The van der Waals surface area contributed by atoms with Crippen molar-refractivity contribution in [3.05, 3.63) is 24.3 Å². The maximum atomic E-state index is 12.8. The van der Waals surface area contributed by atoms with Gasteiger partial charge in [-0.15, -0.1) is 0 Å². The predicted octanol–water partition coefficient (Wildman–Crippen LogP) is 19.9. The van der Waals surface area contributed by atoms with Gasteiger partial charge in [-0.3, -0.25) is 14.4 Å². The van der Waals surface area contributed by atoms with E-state index < -0.39 is 6.10 Å². The molecular formula is C61H114O6. The third-order valence-electron chi connectivity index (χ3n) is 13.4. The van der Waals surface area contributed by atoms with Gasteiger partial charge in [0.05, 0.1) is 0 Å². The van der Waals surface area contributed by atoms with Crippen LogP contribution in [0.15, 0.2) is 24.3 Å². The van der Waals surface area contributed by atoms with Gasteiger partial charge in [0, 0.05) is 19.3 Å². The van der Waals surface area contributed by atoms with Gasteiger partial charge in [-0.25, -0.2) is 0 Å². The molecule has 0 saturated carbocycles. The molecule has 0 radical (unpaired) electrons. The van der Waals surface area contributed by atoms with E-state index >= 15 is 0 Å². The lowest BCUT2D eigenvalue weighted by Crippen LogP contribution is -2.30. The SMILES string of the molecule is CCCCCCCC/C=C\CCCCCCCC(=O)OC[C@H](COC(=O)CCCCCCCCCCCCCCCCCCCCC)OC(=O)CCCCCCC/C=C\CCCCCCCC. The minimum absolute atomic E-state index is 0.0727. The van der Waals surface area contributed by atoms with E-state index in [4.69, 9.17) is 14.2 Å². The summed E-state index contributed by atoms with van der Waals surface area (Å²) in [7, 11) is 0. The number of esters is 3. The summed E-state index contributed by atoms with van der Waals surface area (Å²) < 4.78 is 16.9. The predicted molar refractivity (Wildman–Crippen MR) is 289 cm³/mol. The summed E-state index contributed by atoms with van der Waals surface area (Å²) in [5, 5.41) is 0. The maximum absolute atomic E-state index is 12.8. The van der Waals surface area contributed by atoms with Crippen molar-refractivity contribution in [1.29, 1.82) is 0 Å². The fourth-order valence-electron chi connectivity index (χ4n) is 8.91. The van der Waals surface area contributed by atoms with Crippen LogP contribution in [0.5, 0.6) is 0 Å². The molecule has 0 aliphatic heterocycles. The molecule has 6 nitrogen and oxygen atoms in total. The molecule has 394 valence electrons. The first-order chi connectivity index (χ1) is 33.0. The third kappa shape index (κ3) is 54.7. The second-order valence-electron chi connectivity index (χ2n) is 20.3. The van der Waals surface area contributed by atoms with Crippen LogP contribution in [0.4, 0.5) is 0 Å². The van der Waals surface area contributed by atoms with E-state index in [2.05, 4.69) is 45.1 Å². The minimum atomic E-state index is -0.775. The summed E-state index contributed by atoms with van der Waals surface area (Å²) in [6.45, 7) is 6.67. The molecule has 0 saturated heterocycles. The van der Waals surface area contributed by atoms with Crippen molar-refractivity contribution in [3.63, 3.8) is 0 Å². The average molecular weight is 944 g/mol. The first-order valence-corrected chi connectivity index (χ1v) is 29.8. The van der Waals surface area contributed by atoms with E-state index in [1.54, 1.807) is 0 Å². The highest BCUT2D eigenvalue weighted by Crippen LogP contribution is 2.17. The molecule has 0 amide bonds. The molecule has 0 aromatic carbocycles. The lowest BCUT2D eigenvalue weighted by atomic mass is 10.0. The highest BCUT2D eigenvalue weighted by Gasteiger charge is 2.19. The summed E-state index contributed by atoms with van der Waals surface area (Å²) in [5.74, 6) is -0.868. The molecule has 0 aromatic rings. The minimum Gasteiger partial charge on any atom is -0.462 e. The van der Waals surface area contributed by atoms with Gasteiger partial charge in [-0.1, -0.05) is 263 Å². The van der Waals surface area contributed by atoms with Crippen LogP contribution >= 0.6 is 0 Å². The number of unbranched alkanes of at least 4 members (excludes halogenated alkanes) is 40. The van der Waals surface area contributed by atoms with Gasteiger partial charge in [-0.05, 0) is 70.6 Å². The molecule has 67 heavy (non-hydrogen) atoms. The molecule has 0 spiro atoms. The summed E-state index contributed by atoms with van der Waals surface area (Å²) >= 11 is 0. The standard InChI is InChI=1S/C61H114O6/c1-4-7-10-13-16-19-22-25-28-29-30-31-34-36-39-42-45-48-51-54-60(63)66-57-58(67-61(64)55-52-49-46-43-40-37-33-27-24-21-18-15-12-9-6-3)56-65-59(62)53-50-47-44-41-38-35-32-26-23-20-17-14-11-8-5-2/h26-27,32-33,58H,4-25,28-31,34-57H2,1-3H3/b32-26-,33-27-/t58-/m1/s1. The number of hydrogen-bond acceptors (Lipinski definition) is 6. The van der Waals surface area contributed by atoms with Crippen LogP contribution in [0, 0.1) is 0 Å². The zero-order valence-corrected chi connectivity index (χ0v) is 45.2. The Bertz CT molecular complexity index is 1080. The van der Waals surface area contributed by atoms with Gasteiger partial charge in [0.15, 0.2) is 6.10 Å². The Kier molecular flexibility index (Phi) is 54.7. The van der Waals surface area contributed by atoms with Gasteiger partial charge >= 0.3 is 17.9 Å². The van der Waals surface area contributed by atoms with E-state index in [1.165, 1.54) is 218 Å². The van der Waals surface area contributed by atoms with Crippen LogP contribution in [0.1, 0.15) is 329 Å². The molecule has 0 bridgehead atoms. The van der Waals surface area contributed by atoms with Crippen molar-refractivity contribution in [1.82, 2.24) is 0 Å². The van der Waals surface area contributed by atoms with Crippen molar-refractivity contribution >= 4 is 17.9 Å². The molecule has 6 heteroatoms. The summed E-state index contributed by atoms with van der Waals surface area (Å²) in [5.41, 5.74) is 0. The van der Waals surface area contributed by atoms with Crippen LogP contribution in [0.3, 0.4) is 0 Å². The highest BCUT2D eigenvalue weighted by molar-refractivity contribution is 5.71. The van der Waals surface area contributed by atoms with Crippen LogP contribution in [0.2, 0.25) is 0 Å². The molecule has 0 aliphatic rings. The molecule has 0 aromatic heterocycles. The normalized spacial score (nSPS) is 12.1. The summed E-state index contributed by atoms with van der Waals surface area (Å²) in [6.07, 6.45) is 66.0. The Morgan fingerprint density at radius 1 is 0.284 bits per heavy atom. The van der Waals surface area contributed by atoms with Crippen LogP contribution in [-0.2, 0) is 28.6 Å². The quantitative estimate of drug-likeness (QED) is 0.0262. The Labute approximate surface area is 417 Å². The number of ether oxygens (including phenoxy) is 3. The number of allylic oxidation sites excluding steroid dienone is 4. The molecule has 0 unspecified atom stereocenters. The smallest absolute Gasteiger partial charge is 0.306 e. The molecule has 0 rings (SSSR count). The van der Waals surface area contributed by atoms with Crippen LogP contribution < -0.4 is 0 Å². The summed E-state index contributed by atoms with van der Waals surface area (Å²) in [6, 6.07) is 0. The van der Waals surface area contributed by atoms with Crippen molar-refractivity contribution in [2.75, 3.05) is 13.2 Å². The highest BCUT2D eigenvalue weighted by atomic mass is 16.6. The van der Waals surface area contributed by atoms with Gasteiger partial charge in [-0.2, -0.15) is 0 Å². The van der Waals surface area contributed by atoms with Crippen molar-refractivity contribution in [2.45, 2.75) is 335 Å². The second kappa shape index (κ2) is 56.5. The van der Waals surface area contributed by atoms with Crippen LogP contribution in [-0.4, -0.2) is 37.2 Å². The van der Waals surface area contributed by atoms with E-state index in [-0.39, 0.29) is 31.1 Å². The first-order valence-electron chi connectivity index (χ1n) is 29.8. The molecule has 1 atom stereocenters. The Balaban J connectivity index is 4.32. The lowest BCUT2D eigenvalue weighted by molar-refractivity contribution is -0.167. The number of hydrogen-bond donors (Lipinski definition) is 0. The van der Waals surface area contributed by atoms with Gasteiger partial charge in [0.1, 0.15) is 13.2 Å². The van der Waals surface area contributed by atoms with E-state index in [0.717, 1.165) is 70.6 Å². The fourth-order valence-corrected chi connectivity index (χ4v) is 8.91. The largest absolute Gasteiger partial charge is 0.462 e. The van der Waals surface area contributed by atoms with Crippen LogP contribution in [0.25, 0.3) is 0 Å². The number of carbonyl (C=O) groups excluding carboxylic acids is 3. The number of carbonyl (C=O) groups is 3. The zero-order valence-electron chi connectivity index (χ0n) is 45.2. The van der Waals surface area contributed by atoms with Crippen molar-refractivity contribution < 1.29 is 28.6 Å². The molecule has 0 heterocycles. The van der Waals surface area contributed by atoms with Crippen molar-refractivity contribution in [2.24, 2.45) is 0 Å². The topological polar surface area (TPSA) is 78.9 Å². The maximum Gasteiger partial charge on any atom is 0.306 e. The monoisotopic (exact) mass is 943 g/mol. The lowest BCUT2D eigenvalue weighted by Gasteiger charge is -2.18. The molecular weight excluding hydrogens is 829 g/mol. The van der Waals surface area contributed by atoms with E-state index in [1.807, 2.05) is 0 Å². The van der Waals surface area contributed by atoms with Gasteiger partial charge in [0.25, 0.3) is 0 Å². The van der Waals surface area contributed by atoms with E-state index in [9.17, 15) is 14.4 Å². The first kappa shape index (κ1) is 64.9. The Morgan fingerprint density at radius 3 is 0.746 bits per heavy atom. The molecule has 0 fully saturated rings. The van der Waals surface area contributed by atoms with Gasteiger partial charge < -0.3 is 14.2 Å².